The van der Waals surface area contributed by atoms with Crippen LogP contribution in [0.3, 0.4) is 0 Å². The van der Waals surface area contributed by atoms with E-state index in [9.17, 15) is 25.9 Å². The lowest BCUT2D eigenvalue weighted by Crippen LogP contribution is -2.18. The predicted octanol–water partition coefficient (Wildman–Crippen LogP) is 9.41. The van der Waals surface area contributed by atoms with E-state index in [1.54, 1.807) is 0 Å². The lowest BCUT2D eigenvalue weighted by Gasteiger charge is -2.19. The fraction of sp³-hybridized carbons (Fsp3) is 0.279. The third-order valence-corrected chi connectivity index (χ3v) is 11.7. The molecule has 0 aliphatic heterocycles. The zero-order chi connectivity index (χ0) is 37.4. The topological polar surface area (TPSA) is 109 Å². The molecule has 51 heavy (non-hydrogen) atoms. The van der Waals surface area contributed by atoms with Crippen LogP contribution < -0.4 is 0 Å². The Morgan fingerprint density at radius 3 is 1.35 bits per heavy atom. The minimum Gasteiger partial charge on any atom is -0.275 e. The van der Waals surface area contributed by atoms with Gasteiger partial charge in [-0.1, -0.05) is 61.4 Å². The molecule has 0 heterocycles. The van der Waals surface area contributed by atoms with Gasteiger partial charge in [-0.3, -0.25) is 9.11 Å². The van der Waals surface area contributed by atoms with Gasteiger partial charge in [-0.05, 0) is 147 Å². The maximum Gasteiger partial charge on any atom is 0.331 e. The summed E-state index contributed by atoms with van der Waals surface area (Å²) in [4.78, 5) is -0.625. The van der Waals surface area contributed by atoms with E-state index in [0.29, 0.717) is 5.57 Å². The Balaban J connectivity index is 1.73. The van der Waals surface area contributed by atoms with Crippen LogP contribution in [0.4, 0.5) is 0 Å². The third-order valence-electron chi connectivity index (χ3n) is 9.97. The minimum absolute atomic E-state index is 0.130. The van der Waals surface area contributed by atoms with Crippen molar-refractivity contribution < 1.29 is 25.9 Å². The van der Waals surface area contributed by atoms with Crippen molar-refractivity contribution in [1.29, 1.82) is 0 Å². The van der Waals surface area contributed by atoms with Crippen LogP contribution >= 0.6 is 0 Å². The number of hydrogen-bond acceptors (Lipinski definition) is 4. The number of hydrogen-bond donors (Lipinski definition) is 2. The summed E-state index contributed by atoms with van der Waals surface area (Å²) < 4.78 is 70.2. The van der Waals surface area contributed by atoms with E-state index < -0.39 is 30.4 Å². The first kappa shape index (κ1) is 38.0. The van der Waals surface area contributed by atoms with Crippen molar-refractivity contribution in [2.24, 2.45) is 0 Å². The normalized spacial score (nSPS) is 13.5. The number of rotatable bonds is 10. The molecule has 0 radical (unpaired) electrons. The summed E-state index contributed by atoms with van der Waals surface area (Å²) in [5.74, 6) is 0. The molecule has 0 aromatic heterocycles. The van der Waals surface area contributed by atoms with Crippen molar-refractivity contribution in [3.63, 3.8) is 0 Å². The van der Waals surface area contributed by atoms with E-state index in [2.05, 4.69) is 104 Å². The first-order valence-electron chi connectivity index (χ1n) is 17.2. The summed E-state index contributed by atoms with van der Waals surface area (Å²) in [5, 5.41) is -0.603. The van der Waals surface area contributed by atoms with E-state index >= 15 is 0 Å². The van der Waals surface area contributed by atoms with Gasteiger partial charge in [-0.15, -0.1) is 0 Å². The molecule has 266 valence electrons. The number of benzene rings is 4. The van der Waals surface area contributed by atoms with Gasteiger partial charge in [0.25, 0.3) is 0 Å². The zero-order valence-electron chi connectivity index (χ0n) is 30.7. The van der Waals surface area contributed by atoms with Gasteiger partial charge in [0.1, 0.15) is 5.57 Å². The molecule has 0 fully saturated rings. The second-order valence-electron chi connectivity index (χ2n) is 13.8. The average molecular weight is 724 g/mol. The monoisotopic (exact) mass is 723 g/mol. The third kappa shape index (κ3) is 8.31. The molecular weight excluding hydrogens is 677 g/mol. The van der Waals surface area contributed by atoms with Gasteiger partial charge >= 0.3 is 20.2 Å². The van der Waals surface area contributed by atoms with Gasteiger partial charge < -0.3 is 0 Å². The van der Waals surface area contributed by atoms with Gasteiger partial charge in [-0.25, -0.2) is 0 Å². The standard InChI is InChI=1S/C43H46O6S2/c1-9-32-21-36(13-11-34(32)23-40-28(5)17-26(3)18-29(40)6)43(39-16-15-38(50(44,45)46)25-42(39)51(47,48)49)37-14-12-35(33(10-2)22-37)24-41-30(7)19-27(4)20-31(41)8/h11-22,25H,9-10,23-24H2,1-8H3,(H-,44,45,46,47,48,49)/p+1. The van der Waals surface area contributed by atoms with Crippen LogP contribution in [0.1, 0.15) is 91.7 Å². The molecule has 4 aromatic carbocycles. The minimum atomic E-state index is -4.93. The van der Waals surface area contributed by atoms with Crippen molar-refractivity contribution in [2.45, 2.75) is 81.1 Å². The first-order valence-corrected chi connectivity index (χ1v) is 20.1. The highest BCUT2D eigenvalue weighted by Crippen LogP contribution is 2.40. The summed E-state index contributed by atoms with van der Waals surface area (Å²) in [6.07, 6.45) is 6.25. The van der Waals surface area contributed by atoms with Crippen molar-refractivity contribution in [2.75, 3.05) is 0 Å². The van der Waals surface area contributed by atoms with E-state index in [-0.39, 0.29) is 5.57 Å². The van der Waals surface area contributed by atoms with Crippen LogP contribution in [0.15, 0.2) is 89.4 Å². The largest absolute Gasteiger partial charge is 0.331 e. The van der Waals surface area contributed by atoms with Crippen LogP contribution in [0.2, 0.25) is 0 Å². The van der Waals surface area contributed by atoms with E-state index in [1.807, 2.05) is 12.1 Å². The lowest BCUT2D eigenvalue weighted by atomic mass is 9.84. The molecule has 0 atom stereocenters. The van der Waals surface area contributed by atoms with Crippen molar-refractivity contribution in [3.05, 3.63) is 173 Å². The molecule has 2 N–H and O–H groups in total. The van der Waals surface area contributed by atoms with Gasteiger partial charge in [0.15, 0.2) is 10.2 Å². The summed E-state index contributed by atoms with van der Waals surface area (Å²) in [5.41, 5.74) is 16.5. The quantitative estimate of drug-likeness (QED) is 0.125. The Morgan fingerprint density at radius 1 is 0.588 bits per heavy atom. The molecule has 0 amide bonds. The molecule has 5 rings (SSSR count). The van der Waals surface area contributed by atoms with Crippen LogP contribution in [-0.2, 0) is 45.9 Å². The molecule has 8 heteroatoms. The Bertz CT molecular complexity index is 2180. The van der Waals surface area contributed by atoms with Crippen LogP contribution in [0.5, 0.6) is 0 Å². The highest BCUT2D eigenvalue weighted by Gasteiger charge is 2.40. The fourth-order valence-corrected chi connectivity index (χ4v) is 8.79. The summed E-state index contributed by atoms with van der Waals surface area (Å²) >= 11 is 0. The average Bonchev–Trinajstić information content (AvgIpc) is 3.04. The van der Waals surface area contributed by atoms with Gasteiger partial charge in [0, 0.05) is 23.3 Å². The summed E-state index contributed by atoms with van der Waals surface area (Å²) in [6.45, 7) is 16.9. The molecule has 1 aliphatic rings. The SMILES string of the molecule is CCc1cc(C(=C2C=CC(S(=O)(=O)O)=C[C+]2S(=O)(=O)O)c2ccc(Cc3c(C)cc(C)cc3C)c(CC)c2)ccc1Cc1c(C)cc(C)cc1C. The van der Waals surface area contributed by atoms with Crippen molar-refractivity contribution in [3.8, 4) is 0 Å². The smallest absolute Gasteiger partial charge is 0.275 e. The first-order chi connectivity index (χ1) is 23.9. The number of allylic oxidation sites excluding steroid dienone is 2. The maximum absolute atomic E-state index is 12.9. The molecule has 0 saturated carbocycles. The van der Waals surface area contributed by atoms with Gasteiger partial charge in [-0.2, -0.15) is 16.8 Å². The van der Waals surface area contributed by atoms with Crippen LogP contribution in [-0.4, -0.2) is 25.9 Å². The Kier molecular flexibility index (Phi) is 11.0. The van der Waals surface area contributed by atoms with Crippen LogP contribution in [0.25, 0.3) is 5.57 Å². The summed E-state index contributed by atoms with van der Waals surface area (Å²) in [6, 6.07) is 21.0. The molecule has 0 spiro atoms. The fourth-order valence-electron chi connectivity index (χ4n) is 7.49. The summed E-state index contributed by atoms with van der Waals surface area (Å²) in [7, 11) is -9.68. The second-order valence-corrected chi connectivity index (χ2v) is 16.6. The highest BCUT2D eigenvalue weighted by molar-refractivity contribution is 7.90. The molecule has 0 bridgehead atoms. The Labute approximate surface area is 304 Å². The zero-order valence-corrected chi connectivity index (χ0v) is 32.3. The maximum atomic E-state index is 12.9. The Hall–Kier alpha value is -4.21. The van der Waals surface area contributed by atoms with Gasteiger partial charge in [0.05, 0.1) is 11.6 Å². The van der Waals surface area contributed by atoms with E-state index in [4.69, 9.17) is 0 Å². The predicted molar refractivity (Wildman–Crippen MR) is 208 cm³/mol. The lowest BCUT2D eigenvalue weighted by molar-refractivity contribution is 0.487. The van der Waals surface area contributed by atoms with Crippen molar-refractivity contribution in [1.82, 2.24) is 0 Å². The van der Waals surface area contributed by atoms with Gasteiger partial charge in [0.2, 0.25) is 0 Å². The molecular formula is C43H47O6S2+. The molecule has 0 saturated heterocycles. The van der Waals surface area contributed by atoms with Crippen molar-refractivity contribution >= 4 is 25.8 Å². The number of aryl methyl sites for hydroxylation is 8. The highest BCUT2D eigenvalue weighted by atomic mass is 32.2. The Morgan fingerprint density at radius 2 is 1.00 bits per heavy atom. The second kappa shape index (κ2) is 14.8. The molecule has 1 aliphatic carbocycles. The molecule has 0 unspecified atom stereocenters. The van der Waals surface area contributed by atoms with Crippen LogP contribution in [0, 0.1) is 46.8 Å². The van der Waals surface area contributed by atoms with E-state index in [1.165, 1.54) is 50.6 Å². The molecule has 6 nitrogen and oxygen atoms in total. The van der Waals surface area contributed by atoms with E-state index in [0.717, 1.165) is 71.2 Å². The molecule has 4 aromatic rings.